The van der Waals surface area contributed by atoms with Crippen LogP contribution in [0, 0.1) is 0 Å². The standard InChI is InChI=1S/C7H11N3O2/c8-7(4-10-6-12)2-1-3-9-5-11/h7H,1-4,8H2. The third-order valence-electron chi connectivity index (χ3n) is 1.30. The van der Waals surface area contributed by atoms with Gasteiger partial charge in [-0.05, 0) is 12.8 Å². The van der Waals surface area contributed by atoms with Gasteiger partial charge in [-0.3, -0.25) is 0 Å². The molecule has 2 N–H and O–H groups in total. The smallest absolute Gasteiger partial charge is 0.234 e. The van der Waals surface area contributed by atoms with E-state index >= 15 is 0 Å². The molecule has 1 unspecified atom stereocenters. The largest absolute Gasteiger partial charge is 0.326 e. The lowest BCUT2D eigenvalue weighted by Crippen LogP contribution is -2.23. The first-order chi connectivity index (χ1) is 5.81. The van der Waals surface area contributed by atoms with Crippen LogP contribution in [0.25, 0.3) is 0 Å². The summed E-state index contributed by atoms with van der Waals surface area (Å²) < 4.78 is 0. The van der Waals surface area contributed by atoms with Crippen molar-refractivity contribution in [3.63, 3.8) is 0 Å². The van der Waals surface area contributed by atoms with E-state index in [1.165, 1.54) is 12.2 Å². The zero-order chi connectivity index (χ0) is 9.23. The molecule has 0 aromatic carbocycles. The summed E-state index contributed by atoms with van der Waals surface area (Å²) in [6.07, 6.45) is 4.25. The predicted octanol–water partition coefficient (Wildman–Crippen LogP) is -0.235. The van der Waals surface area contributed by atoms with Crippen molar-refractivity contribution in [1.29, 1.82) is 0 Å². The summed E-state index contributed by atoms with van der Waals surface area (Å²) in [6.45, 7) is 0.719. The van der Waals surface area contributed by atoms with Gasteiger partial charge in [0, 0.05) is 6.04 Å². The molecule has 0 rings (SSSR count). The van der Waals surface area contributed by atoms with E-state index < -0.39 is 0 Å². The van der Waals surface area contributed by atoms with Gasteiger partial charge in [0.05, 0.1) is 13.1 Å². The molecule has 0 spiro atoms. The highest BCUT2D eigenvalue weighted by Crippen LogP contribution is 1.94. The van der Waals surface area contributed by atoms with E-state index in [9.17, 15) is 9.59 Å². The summed E-state index contributed by atoms with van der Waals surface area (Å²) in [4.78, 5) is 26.0. The minimum atomic E-state index is -0.145. The normalized spacial score (nSPS) is 11.1. The van der Waals surface area contributed by atoms with E-state index in [2.05, 4.69) is 9.98 Å². The fourth-order valence-corrected chi connectivity index (χ4v) is 0.724. The van der Waals surface area contributed by atoms with Crippen molar-refractivity contribution in [1.82, 2.24) is 0 Å². The number of nitrogens with two attached hydrogens (primary N) is 1. The summed E-state index contributed by atoms with van der Waals surface area (Å²) >= 11 is 0. The number of hydrogen-bond acceptors (Lipinski definition) is 5. The van der Waals surface area contributed by atoms with Crippen LogP contribution in [-0.2, 0) is 9.59 Å². The third-order valence-corrected chi connectivity index (χ3v) is 1.30. The highest BCUT2D eigenvalue weighted by Gasteiger charge is 1.99. The summed E-state index contributed by atoms with van der Waals surface area (Å²) in [5, 5.41) is 0. The molecule has 0 aromatic rings. The Kier molecular flexibility index (Phi) is 6.99. The van der Waals surface area contributed by atoms with Crippen molar-refractivity contribution in [2.75, 3.05) is 13.1 Å². The van der Waals surface area contributed by atoms with E-state index in [-0.39, 0.29) is 12.6 Å². The SMILES string of the molecule is NC(CCCN=C=O)CN=C=O. The lowest BCUT2D eigenvalue weighted by Gasteiger charge is -2.04. The lowest BCUT2D eigenvalue weighted by molar-refractivity contribution is 0.551. The highest BCUT2D eigenvalue weighted by molar-refractivity contribution is 5.33. The molecule has 0 aromatic heterocycles. The van der Waals surface area contributed by atoms with Crippen molar-refractivity contribution in [2.45, 2.75) is 18.9 Å². The minimum Gasteiger partial charge on any atom is -0.326 e. The molecule has 0 aliphatic heterocycles. The van der Waals surface area contributed by atoms with Crippen LogP contribution in [0.1, 0.15) is 12.8 Å². The van der Waals surface area contributed by atoms with Crippen molar-refractivity contribution >= 4 is 12.2 Å². The molecule has 5 nitrogen and oxygen atoms in total. The first-order valence-corrected chi connectivity index (χ1v) is 3.64. The maximum atomic E-state index is 9.67. The van der Waals surface area contributed by atoms with E-state index in [0.29, 0.717) is 19.4 Å². The van der Waals surface area contributed by atoms with Crippen LogP contribution in [0.3, 0.4) is 0 Å². The average Bonchev–Trinajstić information content (AvgIpc) is 2.09. The summed E-state index contributed by atoms with van der Waals surface area (Å²) in [5.41, 5.74) is 5.53. The Bertz CT molecular complexity index is 205. The monoisotopic (exact) mass is 169 g/mol. The molecular weight excluding hydrogens is 158 g/mol. The van der Waals surface area contributed by atoms with Gasteiger partial charge in [-0.15, -0.1) is 0 Å². The second-order valence-corrected chi connectivity index (χ2v) is 2.31. The van der Waals surface area contributed by atoms with Crippen molar-refractivity contribution in [2.24, 2.45) is 15.7 Å². The van der Waals surface area contributed by atoms with Crippen LogP contribution >= 0.6 is 0 Å². The molecule has 5 heteroatoms. The predicted molar refractivity (Wildman–Crippen MR) is 43.2 cm³/mol. The number of aliphatic imine (C=N–C) groups is 2. The Balaban J connectivity index is 3.36. The van der Waals surface area contributed by atoms with Crippen molar-refractivity contribution in [3.8, 4) is 0 Å². The van der Waals surface area contributed by atoms with Crippen LogP contribution in [0.5, 0.6) is 0 Å². The van der Waals surface area contributed by atoms with Gasteiger partial charge in [0.15, 0.2) is 0 Å². The third kappa shape index (κ3) is 6.83. The summed E-state index contributed by atoms with van der Waals surface area (Å²) in [5.74, 6) is 0. The number of rotatable bonds is 6. The van der Waals surface area contributed by atoms with Crippen LogP contribution in [0.15, 0.2) is 9.98 Å². The fraction of sp³-hybridized carbons (Fsp3) is 0.714. The molecule has 0 heterocycles. The van der Waals surface area contributed by atoms with E-state index in [4.69, 9.17) is 5.73 Å². The van der Waals surface area contributed by atoms with Crippen LogP contribution in [0.4, 0.5) is 0 Å². The molecular formula is C7H11N3O2. The number of hydrogen-bond donors (Lipinski definition) is 1. The van der Waals surface area contributed by atoms with Gasteiger partial charge in [-0.2, -0.15) is 0 Å². The van der Waals surface area contributed by atoms with Gasteiger partial charge in [0.2, 0.25) is 12.2 Å². The Hall–Kier alpha value is -1.28. The number of nitrogens with zero attached hydrogens (tertiary/aromatic N) is 2. The molecule has 0 amide bonds. The van der Waals surface area contributed by atoms with Gasteiger partial charge < -0.3 is 5.73 Å². The molecule has 0 bridgehead atoms. The molecule has 1 atom stereocenters. The topological polar surface area (TPSA) is 84.9 Å². The molecule has 66 valence electrons. The Labute approximate surface area is 70.4 Å². The zero-order valence-corrected chi connectivity index (χ0v) is 6.69. The lowest BCUT2D eigenvalue weighted by atomic mass is 10.2. The Morgan fingerprint density at radius 1 is 1.25 bits per heavy atom. The van der Waals surface area contributed by atoms with Gasteiger partial charge in [-0.25, -0.2) is 19.6 Å². The quantitative estimate of drug-likeness (QED) is 0.338. The van der Waals surface area contributed by atoms with Gasteiger partial charge in [-0.1, -0.05) is 0 Å². The molecule has 0 aliphatic rings. The highest BCUT2D eigenvalue weighted by atomic mass is 16.1. The Morgan fingerprint density at radius 2 is 1.92 bits per heavy atom. The maximum absolute atomic E-state index is 9.67. The molecule has 0 saturated carbocycles. The maximum Gasteiger partial charge on any atom is 0.234 e. The molecule has 0 fully saturated rings. The second-order valence-electron chi connectivity index (χ2n) is 2.31. The zero-order valence-electron chi connectivity index (χ0n) is 6.69. The van der Waals surface area contributed by atoms with E-state index in [1.807, 2.05) is 0 Å². The molecule has 0 saturated heterocycles. The fourth-order valence-electron chi connectivity index (χ4n) is 0.724. The van der Waals surface area contributed by atoms with Gasteiger partial charge >= 0.3 is 0 Å². The van der Waals surface area contributed by atoms with Crippen molar-refractivity contribution < 1.29 is 9.59 Å². The molecule has 0 radical (unpaired) electrons. The van der Waals surface area contributed by atoms with E-state index in [1.54, 1.807) is 0 Å². The minimum absolute atomic E-state index is 0.145. The van der Waals surface area contributed by atoms with Crippen LogP contribution in [0.2, 0.25) is 0 Å². The number of isocyanates is 2. The first-order valence-electron chi connectivity index (χ1n) is 3.64. The van der Waals surface area contributed by atoms with Gasteiger partial charge in [0.1, 0.15) is 0 Å². The second kappa shape index (κ2) is 7.82. The first kappa shape index (κ1) is 10.7. The van der Waals surface area contributed by atoms with Crippen LogP contribution < -0.4 is 5.73 Å². The van der Waals surface area contributed by atoms with Gasteiger partial charge in [0.25, 0.3) is 0 Å². The summed E-state index contributed by atoms with van der Waals surface area (Å²) in [6, 6.07) is -0.145. The van der Waals surface area contributed by atoms with E-state index in [0.717, 1.165) is 0 Å². The average molecular weight is 169 g/mol. The number of carbonyl (C=O) groups excluding carboxylic acids is 2. The summed E-state index contributed by atoms with van der Waals surface area (Å²) in [7, 11) is 0. The van der Waals surface area contributed by atoms with Crippen LogP contribution in [-0.4, -0.2) is 31.3 Å². The molecule has 12 heavy (non-hydrogen) atoms. The van der Waals surface area contributed by atoms with Crippen molar-refractivity contribution in [3.05, 3.63) is 0 Å². The Morgan fingerprint density at radius 3 is 2.50 bits per heavy atom. The molecule has 0 aliphatic carbocycles.